The number of benzene rings is 7. The summed E-state index contributed by atoms with van der Waals surface area (Å²) in [6.45, 7) is 0. The Morgan fingerprint density at radius 3 is 1.41 bits per heavy atom. The van der Waals surface area contributed by atoms with Gasteiger partial charge in [-0.05, 0) is 102 Å². The topological polar surface area (TPSA) is 49.8 Å². The molecule has 172 valence electrons. The lowest BCUT2D eigenvalue weighted by atomic mass is 9.85. The quantitative estimate of drug-likeness (QED) is 0.202. The van der Waals surface area contributed by atoms with Crippen LogP contribution in [-0.2, 0) is 0 Å². The monoisotopic (exact) mass is 470 g/mol. The standard InChI is InChI=1S/C35H22N2/c36-21-22-9-10-24-18-27(13-11-23(24)17-22)34-30-5-1-3-7-32(30)35(33-8-4-2-6-31(33)34)28-14-12-26-20-29(37)16-15-25(26)19-28/h1-20H,37H2. The Labute approximate surface area is 214 Å². The zero-order chi connectivity index (χ0) is 24.9. The van der Waals surface area contributed by atoms with E-state index in [1.165, 1.54) is 49.2 Å². The number of rotatable bonds is 2. The minimum Gasteiger partial charge on any atom is -0.399 e. The molecule has 0 aliphatic carbocycles. The Morgan fingerprint density at radius 1 is 0.459 bits per heavy atom. The van der Waals surface area contributed by atoms with Crippen LogP contribution in [0.1, 0.15) is 5.56 Å². The SMILES string of the molecule is N#Cc1ccc2cc(-c3c4ccccc4c(-c4ccc5cc(N)ccc5c4)c4ccccc34)ccc2c1. The van der Waals surface area contributed by atoms with Gasteiger partial charge in [0, 0.05) is 5.69 Å². The minimum atomic E-state index is 0.679. The van der Waals surface area contributed by atoms with Crippen LogP contribution in [0.3, 0.4) is 0 Å². The molecule has 0 spiro atoms. The third-order valence-electron chi connectivity index (χ3n) is 7.34. The second-order valence-electron chi connectivity index (χ2n) is 9.55. The molecule has 0 aliphatic rings. The third-order valence-corrected chi connectivity index (χ3v) is 7.34. The molecule has 2 heteroatoms. The van der Waals surface area contributed by atoms with Crippen LogP contribution in [0.2, 0.25) is 0 Å². The lowest BCUT2D eigenvalue weighted by molar-refractivity contribution is 1.50. The maximum atomic E-state index is 9.30. The first-order valence-electron chi connectivity index (χ1n) is 12.4. The molecule has 0 saturated heterocycles. The van der Waals surface area contributed by atoms with Gasteiger partial charge in [0.2, 0.25) is 0 Å². The summed E-state index contributed by atoms with van der Waals surface area (Å²) in [7, 11) is 0. The average molecular weight is 471 g/mol. The predicted molar refractivity (Wildman–Crippen MR) is 156 cm³/mol. The van der Waals surface area contributed by atoms with Gasteiger partial charge >= 0.3 is 0 Å². The molecule has 0 fully saturated rings. The van der Waals surface area contributed by atoms with Crippen molar-refractivity contribution < 1.29 is 0 Å². The summed E-state index contributed by atoms with van der Waals surface area (Å²) < 4.78 is 0. The number of hydrogen-bond acceptors (Lipinski definition) is 2. The predicted octanol–water partition coefficient (Wildman–Crippen LogP) is 9.09. The molecule has 2 N–H and O–H groups in total. The molecule has 0 radical (unpaired) electrons. The van der Waals surface area contributed by atoms with Gasteiger partial charge < -0.3 is 5.73 Å². The van der Waals surface area contributed by atoms with Crippen molar-refractivity contribution >= 4 is 48.8 Å². The van der Waals surface area contributed by atoms with Gasteiger partial charge in [-0.2, -0.15) is 5.26 Å². The van der Waals surface area contributed by atoms with E-state index in [-0.39, 0.29) is 0 Å². The second kappa shape index (κ2) is 8.22. The number of nitrogens with two attached hydrogens (primary N) is 1. The van der Waals surface area contributed by atoms with E-state index in [2.05, 4.69) is 97.1 Å². The number of nitrogen functional groups attached to an aromatic ring is 1. The zero-order valence-corrected chi connectivity index (χ0v) is 20.1. The molecular formula is C35H22N2. The zero-order valence-electron chi connectivity index (χ0n) is 20.1. The van der Waals surface area contributed by atoms with Crippen LogP contribution in [-0.4, -0.2) is 0 Å². The van der Waals surface area contributed by atoms with E-state index in [1.54, 1.807) is 0 Å². The van der Waals surface area contributed by atoms with Crippen molar-refractivity contribution in [1.82, 2.24) is 0 Å². The molecule has 0 aliphatic heterocycles. The summed E-state index contributed by atoms with van der Waals surface area (Å²) in [5, 5.41) is 18.7. The van der Waals surface area contributed by atoms with Gasteiger partial charge in [0.05, 0.1) is 11.6 Å². The molecule has 0 unspecified atom stereocenters. The van der Waals surface area contributed by atoms with E-state index < -0.39 is 0 Å². The number of hydrogen-bond donors (Lipinski definition) is 1. The van der Waals surface area contributed by atoms with E-state index in [0.29, 0.717) is 5.56 Å². The summed E-state index contributed by atoms with van der Waals surface area (Å²) in [6, 6.07) is 44.8. The Bertz CT molecular complexity index is 2000. The van der Waals surface area contributed by atoms with Crippen LogP contribution < -0.4 is 5.73 Å². The van der Waals surface area contributed by atoms with Crippen molar-refractivity contribution in [3.8, 4) is 28.3 Å². The first-order valence-corrected chi connectivity index (χ1v) is 12.4. The van der Waals surface area contributed by atoms with Crippen molar-refractivity contribution in [2.24, 2.45) is 0 Å². The summed E-state index contributed by atoms with van der Waals surface area (Å²) in [5.74, 6) is 0. The number of nitrogens with zero attached hydrogens (tertiary/aromatic N) is 1. The van der Waals surface area contributed by atoms with Crippen molar-refractivity contribution in [3.05, 3.63) is 127 Å². The molecule has 7 aromatic carbocycles. The fraction of sp³-hybridized carbons (Fsp3) is 0. The van der Waals surface area contributed by atoms with Crippen molar-refractivity contribution in [2.45, 2.75) is 0 Å². The molecule has 7 aromatic rings. The number of fused-ring (bicyclic) bond motifs is 4. The molecule has 0 saturated carbocycles. The van der Waals surface area contributed by atoms with Crippen LogP contribution in [0.4, 0.5) is 5.69 Å². The van der Waals surface area contributed by atoms with E-state index in [9.17, 15) is 5.26 Å². The van der Waals surface area contributed by atoms with Crippen molar-refractivity contribution in [2.75, 3.05) is 5.73 Å². The molecule has 0 atom stereocenters. The summed E-state index contributed by atoms with van der Waals surface area (Å²) in [6.07, 6.45) is 0. The molecule has 0 heterocycles. The summed E-state index contributed by atoms with van der Waals surface area (Å²) in [4.78, 5) is 0. The fourth-order valence-electron chi connectivity index (χ4n) is 5.64. The highest BCUT2D eigenvalue weighted by molar-refractivity contribution is 6.22. The molecule has 0 amide bonds. The van der Waals surface area contributed by atoms with Crippen LogP contribution in [0.15, 0.2) is 121 Å². The average Bonchev–Trinajstić information content (AvgIpc) is 2.95. The largest absolute Gasteiger partial charge is 0.399 e. The van der Waals surface area contributed by atoms with Crippen molar-refractivity contribution in [3.63, 3.8) is 0 Å². The summed E-state index contributed by atoms with van der Waals surface area (Å²) >= 11 is 0. The second-order valence-corrected chi connectivity index (χ2v) is 9.55. The van der Waals surface area contributed by atoms with Gasteiger partial charge in [0.15, 0.2) is 0 Å². The first-order chi connectivity index (χ1) is 18.2. The van der Waals surface area contributed by atoms with E-state index >= 15 is 0 Å². The maximum absolute atomic E-state index is 9.30. The Morgan fingerprint density at radius 2 is 0.892 bits per heavy atom. The van der Waals surface area contributed by atoms with Gasteiger partial charge in [0.25, 0.3) is 0 Å². The molecule has 0 bridgehead atoms. The van der Waals surface area contributed by atoms with E-state index in [0.717, 1.165) is 21.8 Å². The summed E-state index contributed by atoms with van der Waals surface area (Å²) in [5.41, 5.74) is 12.3. The highest BCUT2D eigenvalue weighted by Crippen LogP contribution is 2.44. The smallest absolute Gasteiger partial charge is 0.0991 e. The molecule has 7 rings (SSSR count). The van der Waals surface area contributed by atoms with Crippen LogP contribution in [0.5, 0.6) is 0 Å². The lowest BCUT2D eigenvalue weighted by Gasteiger charge is -2.18. The molecular weight excluding hydrogens is 448 g/mol. The highest BCUT2D eigenvalue weighted by atomic mass is 14.5. The van der Waals surface area contributed by atoms with E-state index in [4.69, 9.17) is 5.73 Å². The maximum Gasteiger partial charge on any atom is 0.0991 e. The minimum absolute atomic E-state index is 0.679. The highest BCUT2D eigenvalue weighted by Gasteiger charge is 2.17. The molecule has 37 heavy (non-hydrogen) atoms. The van der Waals surface area contributed by atoms with Crippen LogP contribution >= 0.6 is 0 Å². The lowest BCUT2D eigenvalue weighted by Crippen LogP contribution is -1.91. The molecule has 2 nitrogen and oxygen atoms in total. The Balaban J connectivity index is 1.55. The van der Waals surface area contributed by atoms with Crippen LogP contribution in [0, 0.1) is 11.3 Å². The third kappa shape index (κ3) is 3.41. The van der Waals surface area contributed by atoms with Crippen molar-refractivity contribution in [1.29, 1.82) is 5.26 Å². The molecule has 0 aromatic heterocycles. The van der Waals surface area contributed by atoms with E-state index in [1.807, 2.05) is 30.3 Å². The van der Waals surface area contributed by atoms with Crippen LogP contribution in [0.25, 0.3) is 65.3 Å². The van der Waals surface area contributed by atoms with Gasteiger partial charge in [-0.3, -0.25) is 0 Å². The van der Waals surface area contributed by atoms with Gasteiger partial charge in [-0.25, -0.2) is 0 Å². The number of nitriles is 1. The Hall–Kier alpha value is -5.13. The first kappa shape index (κ1) is 21.2. The normalized spacial score (nSPS) is 11.3. The fourth-order valence-corrected chi connectivity index (χ4v) is 5.64. The Kier molecular flexibility index (Phi) is 4.71. The van der Waals surface area contributed by atoms with Gasteiger partial charge in [0.1, 0.15) is 0 Å². The van der Waals surface area contributed by atoms with Gasteiger partial charge in [-0.15, -0.1) is 0 Å². The van der Waals surface area contributed by atoms with Gasteiger partial charge in [-0.1, -0.05) is 84.9 Å². The number of anilines is 1.